The monoisotopic (exact) mass is 319 g/mol. The lowest BCUT2D eigenvalue weighted by atomic mass is 10.1. The molecular formula is C19H17N3O2. The van der Waals surface area contributed by atoms with Crippen LogP contribution in [-0.4, -0.2) is 15.5 Å². The zero-order valence-corrected chi connectivity index (χ0v) is 13.3. The summed E-state index contributed by atoms with van der Waals surface area (Å²) in [7, 11) is 0. The number of aromatic nitrogens is 2. The van der Waals surface area contributed by atoms with E-state index in [0.29, 0.717) is 17.6 Å². The standard InChI is InChI=1S/C19H17N3O2/c1-14-5-7-15(8-6-14)13-22-11-3-2-4-17(22)21-19(24)16-9-10-18(23)20-12-16/h2-12H,13H2,1H3,(H,20,23). The van der Waals surface area contributed by atoms with Gasteiger partial charge in [0.1, 0.15) is 5.49 Å². The van der Waals surface area contributed by atoms with Crippen molar-refractivity contribution in [2.75, 3.05) is 0 Å². The van der Waals surface area contributed by atoms with Gasteiger partial charge in [-0.3, -0.25) is 9.59 Å². The van der Waals surface area contributed by atoms with Crippen LogP contribution >= 0.6 is 0 Å². The molecule has 0 aliphatic heterocycles. The van der Waals surface area contributed by atoms with Crippen molar-refractivity contribution in [2.45, 2.75) is 13.5 Å². The molecule has 0 radical (unpaired) electrons. The Balaban J connectivity index is 1.93. The largest absolute Gasteiger partial charge is 0.328 e. The van der Waals surface area contributed by atoms with Gasteiger partial charge < -0.3 is 9.55 Å². The lowest BCUT2D eigenvalue weighted by molar-refractivity contribution is 0.0996. The normalized spacial score (nSPS) is 11.5. The first-order chi connectivity index (χ1) is 11.6. The van der Waals surface area contributed by atoms with Gasteiger partial charge in [0.15, 0.2) is 0 Å². The van der Waals surface area contributed by atoms with Gasteiger partial charge in [0.2, 0.25) is 5.56 Å². The molecular weight excluding hydrogens is 302 g/mol. The van der Waals surface area contributed by atoms with Gasteiger partial charge in [-0.05, 0) is 30.7 Å². The molecule has 1 aromatic carbocycles. The maximum Gasteiger partial charge on any atom is 0.280 e. The van der Waals surface area contributed by atoms with Crippen LogP contribution < -0.4 is 11.0 Å². The van der Waals surface area contributed by atoms with Crippen molar-refractivity contribution >= 4 is 5.91 Å². The van der Waals surface area contributed by atoms with E-state index >= 15 is 0 Å². The summed E-state index contributed by atoms with van der Waals surface area (Å²) in [6, 6.07) is 16.5. The second-order valence-corrected chi connectivity index (χ2v) is 5.53. The number of rotatable bonds is 3. The van der Waals surface area contributed by atoms with Crippen molar-refractivity contribution in [3.63, 3.8) is 0 Å². The molecule has 2 heterocycles. The fraction of sp³-hybridized carbons (Fsp3) is 0.105. The highest BCUT2D eigenvalue weighted by atomic mass is 16.1. The topological polar surface area (TPSA) is 67.2 Å². The number of carbonyl (C=O) groups excluding carboxylic acids is 1. The predicted molar refractivity (Wildman–Crippen MR) is 91.7 cm³/mol. The highest BCUT2D eigenvalue weighted by Gasteiger charge is 2.04. The smallest absolute Gasteiger partial charge is 0.280 e. The minimum Gasteiger partial charge on any atom is -0.328 e. The van der Waals surface area contributed by atoms with Gasteiger partial charge in [-0.25, -0.2) is 0 Å². The molecule has 0 aliphatic rings. The van der Waals surface area contributed by atoms with Crippen LogP contribution in [0.15, 0.2) is 76.8 Å². The van der Waals surface area contributed by atoms with Crippen LogP contribution in [-0.2, 0) is 6.54 Å². The first-order valence-electron chi connectivity index (χ1n) is 7.61. The number of nitrogens with zero attached hydrogens (tertiary/aromatic N) is 2. The minimum atomic E-state index is -0.393. The average Bonchev–Trinajstić information content (AvgIpc) is 2.59. The second kappa shape index (κ2) is 6.91. The third-order valence-electron chi connectivity index (χ3n) is 3.64. The molecule has 1 N–H and O–H groups in total. The summed E-state index contributed by atoms with van der Waals surface area (Å²) in [4.78, 5) is 30.0. The van der Waals surface area contributed by atoms with Gasteiger partial charge in [0.05, 0.1) is 5.56 Å². The zero-order valence-electron chi connectivity index (χ0n) is 13.3. The number of benzene rings is 1. The van der Waals surface area contributed by atoms with Crippen molar-refractivity contribution in [1.82, 2.24) is 9.55 Å². The van der Waals surface area contributed by atoms with E-state index in [9.17, 15) is 9.59 Å². The fourth-order valence-corrected chi connectivity index (χ4v) is 2.30. The summed E-state index contributed by atoms with van der Waals surface area (Å²) in [5, 5.41) is 0. The zero-order chi connectivity index (χ0) is 16.9. The van der Waals surface area contributed by atoms with E-state index in [1.807, 2.05) is 29.8 Å². The Kier molecular flexibility index (Phi) is 4.52. The number of aryl methyl sites for hydroxylation is 1. The Labute approximate surface area is 139 Å². The van der Waals surface area contributed by atoms with E-state index in [0.717, 1.165) is 5.56 Å². The van der Waals surface area contributed by atoms with Crippen LogP contribution in [0.3, 0.4) is 0 Å². The van der Waals surface area contributed by atoms with Crippen LogP contribution in [0.1, 0.15) is 21.5 Å². The Morgan fingerprint density at radius 2 is 1.88 bits per heavy atom. The molecule has 0 aliphatic carbocycles. The van der Waals surface area contributed by atoms with Crippen LogP contribution in [0.2, 0.25) is 0 Å². The third kappa shape index (κ3) is 3.76. The van der Waals surface area contributed by atoms with Crippen LogP contribution in [0.5, 0.6) is 0 Å². The SMILES string of the molecule is Cc1ccc(Cn2ccccc2=NC(=O)c2ccc(=O)[nH]c2)cc1. The Morgan fingerprint density at radius 3 is 2.58 bits per heavy atom. The van der Waals surface area contributed by atoms with E-state index in [4.69, 9.17) is 0 Å². The number of carbonyl (C=O) groups is 1. The Bertz CT molecular complexity index is 962. The average molecular weight is 319 g/mol. The van der Waals surface area contributed by atoms with Crippen molar-refractivity contribution in [3.8, 4) is 0 Å². The number of hydrogen-bond acceptors (Lipinski definition) is 2. The molecule has 3 rings (SSSR count). The lowest BCUT2D eigenvalue weighted by Gasteiger charge is -2.07. The maximum absolute atomic E-state index is 12.3. The first kappa shape index (κ1) is 15.7. The number of H-pyrrole nitrogens is 1. The molecule has 0 saturated carbocycles. The quantitative estimate of drug-likeness (QED) is 0.805. The molecule has 0 spiro atoms. The van der Waals surface area contributed by atoms with Crippen molar-refractivity contribution in [1.29, 1.82) is 0 Å². The van der Waals surface area contributed by atoms with E-state index in [-0.39, 0.29) is 5.56 Å². The summed E-state index contributed by atoms with van der Waals surface area (Å²) >= 11 is 0. The molecule has 0 atom stereocenters. The number of nitrogens with one attached hydrogen (secondary N) is 1. The molecule has 0 bridgehead atoms. The van der Waals surface area contributed by atoms with Crippen molar-refractivity contribution < 1.29 is 4.79 Å². The predicted octanol–water partition coefficient (Wildman–Crippen LogP) is 2.27. The highest BCUT2D eigenvalue weighted by molar-refractivity contribution is 5.94. The van der Waals surface area contributed by atoms with Gasteiger partial charge in [-0.2, -0.15) is 4.99 Å². The molecule has 3 aromatic rings. The Morgan fingerprint density at radius 1 is 1.08 bits per heavy atom. The van der Waals surface area contributed by atoms with Gasteiger partial charge in [0.25, 0.3) is 5.91 Å². The van der Waals surface area contributed by atoms with Gasteiger partial charge >= 0.3 is 0 Å². The third-order valence-corrected chi connectivity index (χ3v) is 3.64. The van der Waals surface area contributed by atoms with Gasteiger partial charge in [-0.15, -0.1) is 0 Å². The van der Waals surface area contributed by atoms with Crippen LogP contribution in [0, 0.1) is 6.92 Å². The highest BCUT2D eigenvalue weighted by Crippen LogP contribution is 2.04. The van der Waals surface area contributed by atoms with E-state index < -0.39 is 5.91 Å². The van der Waals surface area contributed by atoms with Crippen molar-refractivity contribution in [3.05, 3.63) is 99.5 Å². The summed E-state index contributed by atoms with van der Waals surface area (Å²) in [5.41, 5.74) is 3.00. The Hall–Kier alpha value is -3.21. The number of hydrogen-bond donors (Lipinski definition) is 1. The second-order valence-electron chi connectivity index (χ2n) is 5.53. The van der Waals surface area contributed by atoms with Gasteiger partial charge in [-0.1, -0.05) is 35.9 Å². The lowest BCUT2D eigenvalue weighted by Crippen LogP contribution is -2.22. The molecule has 24 heavy (non-hydrogen) atoms. The van der Waals surface area contributed by atoms with E-state index in [2.05, 4.69) is 34.2 Å². The van der Waals surface area contributed by atoms with Crippen LogP contribution in [0.25, 0.3) is 0 Å². The summed E-state index contributed by atoms with van der Waals surface area (Å²) in [6.07, 6.45) is 3.26. The maximum atomic E-state index is 12.3. The molecule has 0 unspecified atom stereocenters. The first-order valence-corrected chi connectivity index (χ1v) is 7.61. The van der Waals surface area contributed by atoms with Crippen LogP contribution in [0.4, 0.5) is 0 Å². The molecule has 0 fully saturated rings. The van der Waals surface area contributed by atoms with Crippen molar-refractivity contribution in [2.24, 2.45) is 4.99 Å². The van der Waals surface area contributed by atoms with E-state index in [1.165, 1.54) is 23.9 Å². The minimum absolute atomic E-state index is 0.249. The summed E-state index contributed by atoms with van der Waals surface area (Å²) in [6.45, 7) is 2.67. The van der Waals surface area contributed by atoms with Gasteiger partial charge in [0, 0.05) is 25.0 Å². The summed E-state index contributed by atoms with van der Waals surface area (Å²) < 4.78 is 1.91. The summed E-state index contributed by atoms with van der Waals surface area (Å²) in [5.74, 6) is -0.393. The molecule has 5 heteroatoms. The number of amides is 1. The molecule has 120 valence electrons. The molecule has 0 saturated heterocycles. The number of pyridine rings is 2. The van der Waals surface area contributed by atoms with E-state index in [1.54, 1.807) is 6.07 Å². The molecule has 2 aromatic heterocycles. The molecule has 5 nitrogen and oxygen atoms in total. The molecule has 1 amide bonds. The fourth-order valence-electron chi connectivity index (χ4n) is 2.30. The number of aromatic amines is 1.